The van der Waals surface area contributed by atoms with E-state index in [4.69, 9.17) is 9.47 Å². The smallest absolute Gasteiger partial charge is 0.870 e. The molecule has 146 valence electrons. The van der Waals surface area contributed by atoms with Gasteiger partial charge in [0, 0.05) is 12.4 Å². The van der Waals surface area contributed by atoms with Gasteiger partial charge in [-0.3, -0.25) is 9.98 Å². The summed E-state index contributed by atoms with van der Waals surface area (Å²) in [5.41, 5.74) is 0.956. The average molecular weight is 439 g/mol. The van der Waals surface area contributed by atoms with E-state index in [1.807, 2.05) is 13.8 Å². The Hall–Kier alpha value is -2.44. The molecule has 0 saturated heterocycles. The van der Waals surface area contributed by atoms with Crippen molar-refractivity contribution in [3.63, 3.8) is 0 Å². The van der Waals surface area contributed by atoms with Crippen molar-refractivity contribution < 1.29 is 44.6 Å². The maximum Gasteiger partial charge on any atom is 2.00 e. The first-order chi connectivity index (χ1) is 12.7. The van der Waals surface area contributed by atoms with Gasteiger partial charge in [0.25, 0.3) is 0 Å². The van der Waals surface area contributed by atoms with Crippen LogP contribution in [0.5, 0.6) is 23.0 Å². The molecule has 0 unspecified atom stereocenters. The SMILES string of the molecule is CCOc1cccc(C=NCCN=Cc2cccc(OCC)c2[O-])c1[O-].[OH3+].[Zn+2]. The zero-order valence-electron chi connectivity index (χ0n) is 16.3. The summed E-state index contributed by atoms with van der Waals surface area (Å²) in [7, 11) is 0. The normalized spacial score (nSPS) is 10.5. The summed E-state index contributed by atoms with van der Waals surface area (Å²) < 4.78 is 10.5. The number of rotatable bonds is 9. The molecule has 0 aromatic heterocycles. The van der Waals surface area contributed by atoms with Gasteiger partial charge in [-0.15, -0.1) is 0 Å². The van der Waals surface area contributed by atoms with Crippen molar-refractivity contribution >= 4 is 12.4 Å². The molecule has 2 rings (SSSR count). The van der Waals surface area contributed by atoms with Crippen LogP contribution in [0, 0.1) is 0 Å². The Bertz CT molecular complexity index is 716. The zero-order valence-corrected chi connectivity index (χ0v) is 19.2. The second kappa shape index (κ2) is 13.7. The van der Waals surface area contributed by atoms with Crippen LogP contribution in [0.15, 0.2) is 46.4 Å². The van der Waals surface area contributed by atoms with E-state index in [9.17, 15) is 10.2 Å². The van der Waals surface area contributed by atoms with Crippen LogP contribution >= 0.6 is 0 Å². The first kappa shape index (κ1) is 25.6. The van der Waals surface area contributed by atoms with Gasteiger partial charge in [0.1, 0.15) is 11.5 Å². The van der Waals surface area contributed by atoms with Gasteiger partial charge in [-0.05, 0) is 37.1 Å². The third kappa shape index (κ3) is 7.29. The van der Waals surface area contributed by atoms with E-state index in [1.54, 1.807) is 36.4 Å². The molecular formula is C20H25N2O5Zn+. The maximum atomic E-state index is 12.1. The van der Waals surface area contributed by atoms with E-state index >= 15 is 0 Å². The van der Waals surface area contributed by atoms with Crippen molar-refractivity contribution in [3.8, 4) is 23.0 Å². The van der Waals surface area contributed by atoms with Crippen molar-refractivity contribution in [2.75, 3.05) is 26.3 Å². The fraction of sp³-hybridized carbons (Fsp3) is 0.300. The van der Waals surface area contributed by atoms with Gasteiger partial charge < -0.3 is 25.2 Å². The van der Waals surface area contributed by atoms with E-state index in [0.717, 1.165) is 0 Å². The van der Waals surface area contributed by atoms with E-state index < -0.39 is 0 Å². The Morgan fingerprint density at radius 2 is 1.18 bits per heavy atom. The largest absolute Gasteiger partial charge is 2.00 e. The molecule has 0 radical (unpaired) electrons. The molecule has 0 fully saturated rings. The first-order valence-electron chi connectivity index (χ1n) is 8.52. The molecular weight excluding hydrogens is 414 g/mol. The summed E-state index contributed by atoms with van der Waals surface area (Å²) in [5, 5.41) is 24.2. The van der Waals surface area contributed by atoms with E-state index in [-0.39, 0.29) is 36.5 Å². The molecule has 28 heavy (non-hydrogen) atoms. The van der Waals surface area contributed by atoms with Crippen LogP contribution in [-0.4, -0.2) is 38.7 Å². The molecule has 0 saturated carbocycles. The number of nitrogens with zero attached hydrogens (tertiary/aromatic N) is 2. The van der Waals surface area contributed by atoms with Crippen LogP contribution < -0.4 is 19.7 Å². The molecule has 0 bridgehead atoms. The minimum atomic E-state index is -0.176. The number of para-hydroxylation sites is 2. The molecule has 8 heteroatoms. The van der Waals surface area contributed by atoms with Gasteiger partial charge in [-0.25, -0.2) is 0 Å². The summed E-state index contributed by atoms with van der Waals surface area (Å²) in [6.07, 6.45) is 3.05. The first-order valence-corrected chi connectivity index (χ1v) is 8.52. The Morgan fingerprint density at radius 1 is 0.786 bits per heavy atom. The number of ether oxygens (including phenoxy) is 2. The average Bonchev–Trinajstić information content (AvgIpc) is 2.64. The van der Waals surface area contributed by atoms with Crippen LogP contribution in [0.25, 0.3) is 0 Å². The van der Waals surface area contributed by atoms with E-state index in [1.165, 1.54) is 12.4 Å². The van der Waals surface area contributed by atoms with Gasteiger partial charge in [-0.2, -0.15) is 0 Å². The molecule has 7 nitrogen and oxygen atoms in total. The Kier molecular flexibility index (Phi) is 12.5. The monoisotopic (exact) mass is 437 g/mol. The number of benzene rings is 2. The van der Waals surface area contributed by atoms with Crippen molar-refractivity contribution in [2.45, 2.75) is 13.8 Å². The van der Waals surface area contributed by atoms with Gasteiger partial charge in [0.2, 0.25) is 0 Å². The molecule has 2 aromatic rings. The van der Waals surface area contributed by atoms with Crippen LogP contribution in [0.4, 0.5) is 0 Å². The molecule has 0 atom stereocenters. The third-order valence-corrected chi connectivity index (χ3v) is 3.44. The number of hydrogen-bond acceptors (Lipinski definition) is 6. The zero-order chi connectivity index (χ0) is 18.8. The van der Waals surface area contributed by atoms with Gasteiger partial charge >= 0.3 is 19.5 Å². The second-order valence-corrected chi connectivity index (χ2v) is 5.29. The molecule has 3 N–H and O–H groups in total. The molecule has 0 spiro atoms. The summed E-state index contributed by atoms with van der Waals surface area (Å²) in [5.74, 6) is 0.300. The molecule has 0 aliphatic carbocycles. The van der Waals surface area contributed by atoms with Crippen molar-refractivity contribution in [3.05, 3.63) is 47.5 Å². The van der Waals surface area contributed by atoms with Gasteiger partial charge in [0.15, 0.2) is 0 Å². The van der Waals surface area contributed by atoms with Crippen LogP contribution in [0.3, 0.4) is 0 Å². The van der Waals surface area contributed by atoms with Gasteiger partial charge in [0.05, 0.1) is 26.3 Å². The van der Waals surface area contributed by atoms with Crippen molar-refractivity contribution in [2.24, 2.45) is 9.98 Å². The van der Waals surface area contributed by atoms with Crippen LogP contribution in [0.1, 0.15) is 25.0 Å². The minimum absolute atomic E-state index is 0. The topological polar surface area (TPSA) is 122 Å². The Balaban J connectivity index is 0.00000364. The molecule has 0 heterocycles. The van der Waals surface area contributed by atoms with Crippen LogP contribution in [0.2, 0.25) is 0 Å². The number of hydrogen-bond donors (Lipinski definition) is 0. The van der Waals surface area contributed by atoms with E-state index in [2.05, 4.69) is 9.98 Å². The van der Waals surface area contributed by atoms with Crippen LogP contribution in [-0.2, 0) is 25.0 Å². The fourth-order valence-electron chi connectivity index (χ4n) is 2.25. The van der Waals surface area contributed by atoms with Crippen molar-refractivity contribution in [1.29, 1.82) is 0 Å². The predicted molar refractivity (Wildman–Crippen MR) is 104 cm³/mol. The quantitative estimate of drug-likeness (QED) is 0.253. The second-order valence-electron chi connectivity index (χ2n) is 5.29. The predicted octanol–water partition coefficient (Wildman–Crippen LogP) is 1.24. The standard InChI is InChI=1S/C20H24N2O4.H2O.Zn/c1-3-25-17-9-5-7-15(19(17)23)13-21-11-12-22-14-16-8-6-10-18(20(16)24)26-4-2;;/h5-10,13-14,23-24H,3-4,11-12H2,1-2H3;1H2;/q;;+2/p-1. The maximum absolute atomic E-state index is 12.1. The fourth-order valence-corrected chi connectivity index (χ4v) is 2.25. The number of aliphatic imine (C=N–C) groups is 2. The van der Waals surface area contributed by atoms with Crippen molar-refractivity contribution in [1.82, 2.24) is 0 Å². The minimum Gasteiger partial charge on any atom is -0.870 e. The van der Waals surface area contributed by atoms with E-state index in [0.29, 0.717) is 48.9 Å². The summed E-state index contributed by atoms with van der Waals surface area (Å²) >= 11 is 0. The third-order valence-electron chi connectivity index (χ3n) is 3.44. The Morgan fingerprint density at radius 3 is 1.54 bits per heavy atom. The summed E-state index contributed by atoms with van der Waals surface area (Å²) in [6.45, 7) is 5.36. The summed E-state index contributed by atoms with van der Waals surface area (Å²) in [4.78, 5) is 8.41. The molecule has 0 amide bonds. The Labute approximate surface area is 177 Å². The molecule has 0 aliphatic rings. The summed E-state index contributed by atoms with van der Waals surface area (Å²) in [6, 6.07) is 10.2. The molecule has 2 aromatic carbocycles. The molecule has 0 aliphatic heterocycles. The van der Waals surface area contributed by atoms with Gasteiger partial charge in [-0.1, -0.05) is 35.8 Å².